The predicted octanol–water partition coefficient (Wildman–Crippen LogP) is 0.00780. The zero-order valence-corrected chi connectivity index (χ0v) is 11.2. The van der Waals surface area contributed by atoms with E-state index in [-0.39, 0.29) is 0 Å². The first-order valence-corrected chi connectivity index (χ1v) is 6.22. The van der Waals surface area contributed by atoms with Crippen molar-refractivity contribution in [1.82, 2.24) is 30.5 Å². The van der Waals surface area contributed by atoms with Crippen LogP contribution in [-0.2, 0) is 24.2 Å². The average molecular weight is 266 g/mol. The molecule has 0 saturated heterocycles. The van der Waals surface area contributed by atoms with Gasteiger partial charge in [0.15, 0.2) is 5.82 Å². The molecule has 2 heterocycles. The van der Waals surface area contributed by atoms with Crippen molar-refractivity contribution in [2.24, 2.45) is 0 Å². The van der Waals surface area contributed by atoms with Crippen LogP contribution < -0.4 is 5.32 Å². The summed E-state index contributed by atoms with van der Waals surface area (Å²) in [7, 11) is 1.67. The topological polar surface area (TPSA) is 90.9 Å². The molecule has 0 unspecified atom stereocenters. The summed E-state index contributed by atoms with van der Waals surface area (Å²) in [6.07, 6.45) is 2.62. The summed E-state index contributed by atoms with van der Waals surface area (Å²) < 4.78 is 11.7. The van der Waals surface area contributed by atoms with Crippen molar-refractivity contribution >= 4 is 0 Å². The normalized spacial score (nSPS) is 11.1. The van der Waals surface area contributed by atoms with Gasteiger partial charge in [0, 0.05) is 26.6 Å². The first-order chi connectivity index (χ1) is 9.31. The Morgan fingerprint density at radius 3 is 3.11 bits per heavy atom. The van der Waals surface area contributed by atoms with Crippen LogP contribution in [0.1, 0.15) is 24.3 Å². The van der Waals surface area contributed by atoms with Crippen molar-refractivity contribution in [3.63, 3.8) is 0 Å². The molecule has 0 aromatic carbocycles. The first kappa shape index (κ1) is 13.6. The van der Waals surface area contributed by atoms with E-state index in [1.165, 1.54) is 0 Å². The molecule has 0 aliphatic rings. The number of hydrogen-bond donors (Lipinski definition) is 1. The number of nitrogens with zero attached hydrogens (tertiary/aromatic N) is 5. The fourth-order valence-electron chi connectivity index (χ4n) is 1.52. The van der Waals surface area contributed by atoms with Gasteiger partial charge in [0.25, 0.3) is 0 Å². The van der Waals surface area contributed by atoms with Gasteiger partial charge < -0.3 is 14.6 Å². The maximum absolute atomic E-state index is 5.10. The van der Waals surface area contributed by atoms with Crippen LogP contribution in [0.3, 0.4) is 0 Å². The van der Waals surface area contributed by atoms with Gasteiger partial charge in [0.2, 0.25) is 5.89 Å². The summed E-state index contributed by atoms with van der Waals surface area (Å²) in [6, 6.07) is 0. The summed E-state index contributed by atoms with van der Waals surface area (Å²) in [4.78, 5) is 4.22. The smallest absolute Gasteiger partial charge is 0.248 e. The highest BCUT2D eigenvalue weighted by Crippen LogP contribution is 2.01. The molecule has 0 saturated carbocycles. The van der Waals surface area contributed by atoms with Gasteiger partial charge in [-0.25, -0.2) is 4.68 Å². The standard InChI is InChI=1S/C11H18N6O2/c1-3-10-13-11(19-15-10)8-17-7-9(14-16-17)6-12-4-5-18-2/h7,12H,3-6,8H2,1-2H3. The van der Waals surface area contributed by atoms with Crippen LogP contribution in [0.5, 0.6) is 0 Å². The zero-order chi connectivity index (χ0) is 13.5. The Morgan fingerprint density at radius 1 is 1.47 bits per heavy atom. The van der Waals surface area contributed by atoms with Crippen LogP contribution in [0.25, 0.3) is 0 Å². The van der Waals surface area contributed by atoms with Gasteiger partial charge in [-0.05, 0) is 0 Å². The van der Waals surface area contributed by atoms with Crippen LogP contribution in [0.4, 0.5) is 0 Å². The maximum atomic E-state index is 5.10. The molecule has 8 nitrogen and oxygen atoms in total. The Bertz CT molecular complexity index is 495. The van der Waals surface area contributed by atoms with E-state index in [0.717, 1.165) is 18.7 Å². The van der Waals surface area contributed by atoms with Crippen molar-refractivity contribution in [3.8, 4) is 0 Å². The van der Waals surface area contributed by atoms with Crippen LogP contribution in [0, 0.1) is 0 Å². The second-order valence-electron chi connectivity index (χ2n) is 4.03. The lowest BCUT2D eigenvalue weighted by atomic mass is 10.4. The number of hydrogen-bond acceptors (Lipinski definition) is 7. The van der Waals surface area contributed by atoms with Gasteiger partial charge in [-0.1, -0.05) is 17.3 Å². The summed E-state index contributed by atoms with van der Waals surface area (Å²) in [5, 5.41) is 15.1. The van der Waals surface area contributed by atoms with E-state index in [2.05, 4.69) is 25.8 Å². The van der Waals surface area contributed by atoms with Crippen LogP contribution in [0.2, 0.25) is 0 Å². The Morgan fingerprint density at radius 2 is 2.37 bits per heavy atom. The molecule has 0 radical (unpaired) electrons. The van der Waals surface area contributed by atoms with E-state index in [1.807, 2.05) is 13.1 Å². The molecule has 2 rings (SSSR count). The lowest BCUT2D eigenvalue weighted by Crippen LogP contribution is -2.18. The van der Waals surface area contributed by atoms with E-state index in [0.29, 0.717) is 31.4 Å². The summed E-state index contributed by atoms with van der Waals surface area (Å²) in [6.45, 7) is 4.54. The minimum atomic E-state index is 0.443. The van der Waals surface area contributed by atoms with Crippen molar-refractivity contribution in [1.29, 1.82) is 0 Å². The average Bonchev–Trinajstić information content (AvgIpc) is 3.05. The van der Waals surface area contributed by atoms with Gasteiger partial charge in [-0.2, -0.15) is 4.98 Å². The highest BCUT2D eigenvalue weighted by molar-refractivity contribution is 4.94. The number of ether oxygens (including phenoxy) is 1. The molecule has 2 aromatic heterocycles. The lowest BCUT2D eigenvalue weighted by molar-refractivity contribution is 0.199. The molecule has 0 fully saturated rings. The second-order valence-corrected chi connectivity index (χ2v) is 4.03. The predicted molar refractivity (Wildman–Crippen MR) is 66.4 cm³/mol. The van der Waals surface area contributed by atoms with Crippen molar-refractivity contribution in [2.75, 3.05) is 20.3 Å². The SMILES string of the molecule is CCc1noc(Cn2cc(CNCCOC)nn2)n1. The number of aromatic nitrogens is 5. The van der Waals surface area contributed by atoms with E-state index in [9.17, 15) is 0 Å². The van der Waals surface area contributed by atoms with E-state index in [4.69, 9.17) is 9.26 Å². The molecule has 19 heavy (non-hydrogen) atoms. The Labute approximate surface area is 111 Å². The van der Waals surface area contributed by atoms with E-state index in [1.54, 1.807) is 11.8 Å². The van der Waals surface area contributed by atoms with E-state index < -0.39 is 0 Å². The van der Waals surface area contributed by atoms with Crippen LogP contribution in [-0.4, -0.2) is 45.4 Å². The second kappa shape index (κ2) is 6.95. The quantitative estimate of drug-likeness (QED) is 0.673. The maximum Gasteiger partial charge on any atom is 0.248 e. The fourth-order valence-corrected chi connectivity index (χ4v) is 1.52. The lowest BCUT2D eigenvalue weighted by Gasteiger charge is -1.99. The van der Waals surface area contributed by atoms with Gasteiger partial charge in [-0.15, -0.1) is 5.10 Å². The minimum Gasteiger partial charge on any atom is -0.383 e. The van der Waals surface area contributed by atoms with Gasteiger partial charge in [0.1, 0.15) is 6.54 Å². The highest BCUT2D eigenvalue weighted by atomic mass is 16.5. The van der Waals surface area contributed by atoms with Crippen LogP contribution in [0.15, 0.2) is 10.7 Å². The number of aryl methyl sites for hydroxylation is 1. The molecule has 2 aromatic rings. The largest absolute Gasteiger partial charge is 0.383 e. The zero-order valence-electron chi connectivity index (χ0n) is 11.2. The molecule has 104 valence electrons. The summed E-state index contributed by atoms with van der Waals surface area (Å²) in [5.74, 6) is 1.25. The molecule has 0 amide bonds. The Hall–Kier alpha value is -1.80. The Balaban J connectivity index is 1.83. The monoisotopic (exact) mass is 266 g/mol. The molecule has 0 atom stereocenters. The van der Waals surface area contributed by atoms with E-state index >= 15 is 0 Å². The molecule has 0 aliphatic carbocycles. The molecule has 0 spiro atoms. The van der Waals surface area contributed by atoms with Gasteiger partial charge >= 0.3 is 0 Å². The fraction of sp³-hybridized carbons (Fsp3) is 0.636. The summed E-state index contributed by atoms with van der Waals surface area (Å²) >= 11 is 0. The minimum absolute atomic E-state index is 0.443. The first-order valence-electron chi connectivity index (χ1n) is 6.22. The van der Waals surface area contributed by atoms with Crippen LogP contribution >= 0.6 is 0 Å². The number of nitrogens with one attached hydrogen (secondary N) is 1. The molecule has 0 aliphatic heterocycles. The third-order valence-electron chi connectivity index (χ3n) is 2.50. The van der Waals surface area contributed by atoms with Gasteiger partial charge in [0.05, 0.1) is 18.5 Å². The highest BCUT2D eigenvalue weighted by Gasteiger charge is 2.07. The van der Waals surface area contributed by atoms with Crippen molar-refractivity contribution in [3.05, 3.63) is 23.6 Å². The Kier molecular flexibility index (Phi) is 4.99. The van der Waals surface area contributed by atoms with Crippen molar-refractivity contribution < 1.29 is 9.26 Å². The third kappa shape index (κ3) is 4.11. The van der Waals surface area contributed by atoms with Crippen molar-refractivity contribution in [2.45, 2.75) is 26.4 Å². The number of methoxy groups -OCH3 is 1. The molecule has 1 N–H and O–H groups in total. The molecular weight excluding hydrogens is 248 g/mol. The molecule has 8 heteroatoms. The van der Waals surface area contributed by atoms with Gasteiger partial charge in [-0.3, -0.25) is 0 Å². The molecule has 0 bridgehead atoms. The number of rotatable bonds is 8. The third-order valence-corrected chi connectivity index (χ3v) is 2.50. The summed E-state index contributed by atoms with van der Waals surface area (Å²) in [5.41, 5.74) is 0.867. The molecular formula is C11H18N6O2.